The van der Waals surface area contributed by atoms with Crippen LogP contribution in [0.5, 0.6) is 11.5 Å². The molecule has 0 saturated carbocycles. The van der Waals surface area contributed by atoms with E-state index in [1.807, 2.05) is 54.6 Å². The molecule has 4 N–H and O–H groups in total. The molecule has 6 heteroatoms. The molecule has 140 valence electrons. The Labute approximate surface area is 162 Å². The molecule has 0 unspecified atom stereocenters. The van der Waals surface area contributed by atoms with Crippen LogP contribution in [0.25, 0.3) is 33.2 Å². The third-order valence-electron chi connectivity index (χ3n) is 4.71. The maximum absolute atomic E-state index is 6.11. The largest absolute Gasteiger partial charge is 0.496 e. The summed E-state index contributed by atoms with van der Waals surface area (Å²) in [5.41, 5.74) is 16.0. The van der Waals surface area contributed by atoms with E-state index in [0.29, 0.717) is 11.4 Å². The molecule has 0 atom stereocenters. The van der Waals surface area contributed by atoms with E-state index in [4.69, 9.17) is 20.9 Å². The second kappa shape index (κ2) is 7.08. The van der Waals surface area contributed by atoms with Crippen LogP contribution in [0.1, 0.15) is 0 Å². The quantitative estimate of drug-likeness (QED) is 0.523. The lowest BCUT2D eigenvalue weighted by Gasteiger charge is -2.14. The number of hydrogen-bond acceptors (Lipinski definition) is 6. The van der Waals surface area contributed by atoms with Crippen molar-refractivity contribution in [3.8, 4) is 33.9 Å². The van der Waals surface area contributed by atoms with Crippen LogP contribution in [-0.2, 0) is 0 Å². The molecule has 0 radical (unpaired) electrons. The van der Waals surface area contributed by atoms with Crippen molar-refractivity contribution >= 4 is 22.4 Å². The zero-order valence-corrected chi connectivity index (χ0v) is 15.6. The summed E-state index contributed by atoms with van der Waals surface area (Å²) in [6.45, 7) is 0. The van der Waals surface area contributed by atoms with E-state index < -0.39 is 0 Å². The molecule has 0 fully saturated rings. The molecule has 0 bridgehead atoms. The topological polar surface area (TPSA) is 96.3 Å². The summed E-state index contributed by atoms with van der Waals surface area (Å²) in [7, 11) is 3.25. The fourth-order valence-corrected chi connectivity index (χ4v) is 3.37. The molecule has 1 heterocycles. The molecule has 28 heavy (non-hydrogen) atoms. The van der Waals surface area contributed by atoms with Gasteiger partial charge in [0.2, 0.25) is 5.95 Å². The Bertz CT molecular complexity index is 1170. The minimum Gasteiger partial charge on any atom is -0.496 e. The summed E-state index contributed by atoms with van der Waals surface area (Å²) in [5.74, 6) is 1.63. The molecule has 0 saturated heterocycles. The SMILES string of the molecule is COc1ccc(-c2cnc(N)nc2-c2ccc(OC)c3ccccc23)cc1N. The van der Waals surface area contributed by atoms with Gasteiger partial charge in [-0.3, -0.25) is 0 Å². The lowest BCUT2D eigenvalue weighted by molar-refractivity contribution is 0.417. The summed E-state index contributed by atoms with van der Waals surface area (Å²) in [6, 6.07) is 17.6. The number of benzene rings is 3. The number of fused-ring (bicyclic) bond motifs is 1. The Kier molecular flexibility index (Phi) is 4.45. The number of anilines is 2. The number of aromatic nitrogens is 2. The van der Waals surface area contributed by atoms with Gasteiger partial charge in [-0.05, 0) is 35.2 Å². The molecule has 0 aliphatic heterocycles. The second-order valence-electron chi connectivity index (χ2n) is 6.31. The molecular weight excluding hydrogens is 352 g/mol. The van der Waals surface area contributed by atoms with Crippen LogP contribution in [0.4, 0.5) is 11.6 Å². The van der Waals surface area contributed by atoms with Crippen molar-refractivity contribution in [2.75, 3.05) is 25.7 Å². The first kappa shape index (κ1) is 17.6. The van der Waals surface area contributed by atoms with Crippen LogP contribution < -0.4 is 20.9 Å². The minimum atomic E-state index is 0.208. The van der Waals surface area contributed by atoms with Gasteiger partial charge in [-0.1, -0.05) is 30.3 Å². The maximum atomic E-state index is 6.11. The van der Waals surface area contributed by atoms with Crippen LogP contribution in [0, 0.1) is 0 Å². The molecule has 6 nitrogen and oxygen atoms in total. The van der Waals surface area contributed by atoms with Gasteiger partial charge >= 0.3 is 0 Å². The summed E-state index contributed by atoms with van der Waals surface area (Å²) in [4.78, 5) is 8.75. The highest BCUT2D eigenvalue weighted by molar-refractivity contribution is 6.02. The highest BCUT2D eigenvalue weighted by Crippen LogP contribution is 2.39. The molecule has 0 amide bonds. The van der Waals surface area contributed by atoms with Crippen LogP contribution in [-0.4, -0.2) is 24.2 Å². The fourth-order valence-electron chi connectivity index (χ4n) is 3.37. The number of rotatable bonds is 4. The first-order valence-corrected chi connectivity index (χ1v) is 8.75. The van der Waals surface area contributed by atoms with E-state index in [0.717, 1.165) is 38.9 Å². The third-order valence-corrected chi connectivity index (χ3v) is 4.71. The highest BCUT2D eigenvalue weighted by atomic mass is 16.5. The van der Waals surface area contributed by atoms with Crippen LogP contribution in [0.2, 0.25) is 0 Å². The van der Waals surface area contributed by atoms with Gasteiger partial charge < -0.3 is 20.9 Å². The predicted molar refractivity (Wildman–Crippen MR) is 112 cm³/mol. The van der Waals surface area contributed by atoms with E-state index in [9.17, 15) is 0 Å². The summed E-state index contributed by atoms with van der Waals surface area (Å²) >= 11 is 0. The van der Waals surface area contributed by atoms with Crippen LogP contribution in [0.15, 0.2) is 60.8 Å². The fraction of sp³-hybridized carbons (Fsp3) is 0.0909. The number of hydrogen-bond donors (Lipinski definition) is 2. The van der Waals surface area contributed by atoms with Crippen molar-refractivity contribution in [2.24, 2.45) is 0 Å². The molecular formula is C22H20N4O2. The number of nitrogen functional groups attached to an aromatic ring is 2. The normalized spacial score (nSPS) is 10.8. The van der Waals surface area contributed by atoms with Gasteiger partial charge in [0.25, 0.3) is 0 Å². The van der Waals surface area contributed by atoms with Gasteiger partial charge in [-0.2, -0.15) is 0 Å². The molecule has 0 aliphatic carbocycles. The maximum Gasteiger partial charge on any atom is 0.220 e. The lowest BCUT2D eigenvalue weighted by Crippen LogP contribution is -2.00. The molecule has 3 aromatic carbocycles. The Balaban J connectivity index is 1.98. The third kappa shape index (κ3) is 2.95. The molecule has 0 spiro atoms. The average Bonchev–Trinajstić information content (AvgIpc) is 2.73. The van der Waals surface area contributed by atoms with Gasteiger partial charge in [0.05, 0.1) is 25.6 Å². The van der Waals surface area contributed by atoms with E-state index in [1.54, 1.807) is 20.4 Å². The van der Waals surface area contributed by atoms with E-state index in [1.165, 1.54) is 0 Å². The number of nitrogens with zero attached hydrogens (tertiary/aromatic N) is 2. The standard InChI is InChI=1S/C22H20N4O2/c1-27-19-10-8-16(14-5-3-4-6-15(14)19)21-17(12-25-22(24)26-21)13-7-9-20(28-2)18(23)11-13/h3-12H,23H2,1-2H3,(H2,24,25,26). The molecule has 0 aliphatic rings. The number of ether oxygens (including phenoxy) is 2. The Morgan fingerprint density at radius 3 is 2.21 bits per heavy atom. The number of nitrogens with two attached hydrogens (primary N) is 2. The average molecular weight is 372 g/mol. The van der Waals surface area contributed by atoms with Crippen LogP contribution in [0.3, 0.4) is 0 Å². The summed E-state index contributed by atoms with van der Waals surface area (Å²) < 4.78 is 10.8. The van der Waals surface area contributed by atoms with Crippen molar-refractivity contribution in [2.45, 2.75) is 0 Å². The van der Waals surface area contributed by atoms with Crippen molar-refractivity contribution in [3.05, 3.63) is 60.8 Å². The van der Waals surface area contributed by atoms with Crippen molar-refractivity contribution in [1.29, 1.82) is 0 Å². The van der Waals surface area contributed by atoms with E-state index >= 15 is 0 Å². The van der Waals surface area contributed by atoms with Crippen molar-refractivity contribution < 1.29 is 9.47 Å². The smallest absolute Gasteiger partial charge is 0.220 e. The Morgan fingerprint density at radius 1 is 0.786 bits per heavy atom. The molecule has 4 aromatic rings. The Morgan fingerprint density at radius 2 is 1.50 bits per heavy atom. The minimum absolute atomic E-state index is 0.208. The van der Waals surface area contributed by atoms with E-state index in [-0.39, 0.29) is 5.95 Å². The van der Waals surface area contributed by atoms with Gasteiger partial charge in [0.1, 0.15) is 11.5 Å². The summed E-state index contributed by atoms with van der Waals surface area (Å²) in [5, 5.41) is 2.02. The van der Waals surface area contributed by atoms with Crippen molar-refractivity contribution in [3.63, 3.8) is 0 Å². The van der Waals surface area contributed by atoms with Gasteiger partial charge in [-0.15, -0.1) is 0 Å². The first-order chi connectivity index (χ1) is 13.6. The zero-order chi connectivity index (χ0) is 19.7. The monoisotopic (exact) mass is 372 g/mol. The van der Waals surface area contributed by atoms with Crippen molar-refractivity contribution in [1.82, 2.24) is 9.97 Å². The lowest BCUT2D eigenvalue weighted by atomic mass is 9.95. The highest BCUT2D eigenvalue weighted by Gasteiger charge is 2.16. The van der Waals surface area contributed by atoms with Crippen LogP contribution >= 0.6 is 0 Å². The predicted octanol–water partition coefficient (Wildman–Crippen LogP) is 4.15. The zero-order valence-electron chi connectivity index (χ0n) is 15.6. The second-order valence-corrected chi connectivity index (χ2v) is 6.31. The van der Waals surface area contributed by atoms with Gasteiger partial charge in [-0.25, -0.2) is 9.97 Å². The molecule has 4 rings (SSSR count). The van der Waals surface area contributed by atoms with E-state index in [2.05, 4.69) is 9.97 Å². The Hall–Kier alpha value is -3.80. The summed E-state index contributed by atoms with van der Waals surface area (Å²) in [6.07, 6.45) is 1.72. The van der Waals surface area contributed by atoms with Gasteiger partial charge in [0, 0.05) is 22.7 Å². The van der Waals surface area contributed by atoms with Gasteiger partial charge in [0.15, 0.2) is 0 Å². The first-order valence-electron chi connectivity index (χ1n) is 8.75. The number of methoxy groups -OCH3 is 2. The molecule has 1 aromatic heterocycles.